The topological polar surface area (TPSA) is 307 Å². The highest BCUT2D eigenvalue weighted by Gasteiger charge is 2.58. The number of unbranched alkanes of at least 4 members (excludes halogenated alkanes) is 2. The van der Waals surface area contributed by atoms with Crippen LogP contribution in [-0.2, 0) is 66.7 Å². The summed E-state index contributed by atoms with van der Waals surface area (Å²) in [4.78, 5) is 39.7. The molecular formula is C46H59F3N3O16S4+. The Labute approximate surface area is 417 Å². The molecule has 2 aromatic rings. The SMILES string of the molecule is CC/C(=C\C=C1C=C(/C=C/C2=[N+](CCCS(=O)(=O)O)c3ccc(S(=O)(=O)O)cc3C2(C)C)CC(C(=O)NCCCCCC(=O)O)(C(=O)C(F)(F)F)C\1)N(CCCS(=O)(=O)O)c1ccc(S(=O)(=O)O)cc1CC. The van der Waals surface area contributed by atoms with Gasteiger partial charge in [-0.15, -0.1) is 0 Å². The predicted molar refractivity (Wildman–Crippen MR) is 260 cm³/mol. The molecule has 0 aromatic heterocycles. The van der Waals surface area contributed by atoms with Crippen LogP contribution >= 0.6 is 0 Å². The second-order valence-electron chi connectivity index (χ2n) is 17.9. The fraction of sp³-hybridized carbons (Fsp3) is 0.478. The molecule has 72 heavy (non-hydrogen) atoms. The molecular weight excluding hydrogens is 1040 g/mol. The van der Waals surface area contributed by atoms with Crippen LogP contribution in [0.4, 0.5) is 24.5 Å². The molecule has 1 unspecified atom stereocenters. The average molecular weight is 1100 g/mol. The van der Waals surface area contributed by atoms with Crippen LogP contribution in [0.5, 0.6) is 0 Å². The number of alkyl halides is 3. The zero-order chi connectivity index (χ0) is 54.3. The molecule has 1 atom stereocenters. The van der Waals surface area contributed by atoms with E-state index in [2.05, 4.69) is 5.32 Å². The van der Waals surface area contributed by atoms with Crippen molar-refractivity contribution in [3.05, 3.63) is 94.7 Å². The van der Waals surface area contributed by atoms with Crippen molar-refractivity contribution in [1.29, 1.82) is 0 Å². The third-order valence-electron chi connectivity index (χ3n) is 12.3. The number of nitrogens with zero attached hydrogens (tertiary/aromatic N) is 2. The molecule has 1 amide bonds. The van der Waals surface area contributed by atoms with Crippen LogP contribution in [0, 0.1) is 5.41 Å². The van der Waals surface area contributed by atoms with Crippen LogP contribution in [0.25, 0.3) is 0 Å². The van der Waals surface area contributed by atoms with Crippen molar-refractivity contribution in [2.45, 2.75) is 113 Å². The maximum absolute atomic E-state index is 14.8. The number of hydrogen-bond acceptors (Lipinski definition) is 12. The predicted octanol–water partition coefficient (Wildman–Crippen LogP) is 6.56. The van der Waals surface area contributed by atoms with E-state index in [1.54, 1.807) is 37.2 Å². The Morgan fingerprint density at radius 2 is 1.42 bits per heavy atom. The molecule has 2 aromatic carbocycles. The maximum Gasteiger partial charge on any atom is 0.451 e. The largest absolute Gasteiger partial charge is 0.481 e. The zero-order valence-electron chi connectivity index (χ0n) is 39.8. The molecule has 0 spiro atoms. The standard InChI is InChI=1S/C46H58F3N3O16S4/c1-5-33-27-35(71(63,64)65)16-18-38(33)51(22-10-24-69(57,58)59)34(6-2)15-13-31-26-32(30-45(29-31,42(55)46(47,48)49)43(56)50-21-9-7-8-12-41(53)54)14-20-40-44(3,4)37-28-36(72(66,67)68)17-19-39(37)52(40)23-11-25-70(60,61)62/h13-20,26-28H,5-12,21-25,29-30H2,1-4H3,(H5-,50,53,54,56,57,58,59,60,61,62,63,64,65,66,67,68)/p+1. The molecule has 0 radical (unpaired) electrons. The van der Waals surface area contributed by atoms with Gasteiger partial charge in [0.1, 0.15) is 12.0 Å². The lowest BCUT2D eigenvalue weighted by Crippen LogP contribution is -2.52. The van der Waals surface area contributed by atoms with Gasteiger partial charge in [0.2, 0.25) is 11.6 Å². The number of carboxylic acid groups (broad SMARTS) is 1. The summed E-state index contributed by atoms with van der Waals surface area (Å²) < 4.78 is 180. The number of halogens is 3. The van der Waals surface area contributed by atoms with Crippen molar-refractivity contribution in [2.75, 3.05) is 36.0 Å². The van der Waals surface area contributed by atoms with Gasteiger partial charge in [0.25, 0.3) is 46.3 Å². The van der Waals surface area contributed by atoms with E-state index in [0.717, 1.165) is 12.1 Å². The number of carbonyl (C=O) groups excluding carboxylic acids is 2. The zero-order valence-corrected chi connectivity index (χ0v) is 43.1. The van der Waals surface area contributed by atoms with Gasteiger partial charge in [-0.1, -0.05) is 38.5 Å². The van der Waals surface area contributed by atoms with E-state index in [1.807, 2.05) is 0 Å². The molecule has 0 saturated heterocycles. The summed E-state index contributed by atoms with van der Waals surface area (Å²) in [6.45, 7) is 6.25. The lowest BCUT2D eigenvalue weighted by molar-refractivity contribution is -0.437. The molecule has 4 rings (SSSR count). The van der Waals surface area contributed by atoms with E-state index in [0.29, 0.717) is 33.9 Å². The maximum atomic E-state index is 14.8. The monoisotopic (exact) mass is 1090 g/mol. The van der Waals surface area contributed by atoms with Gasteiger partial charge in [0, 0.05) is 55.0 Å². The van der Waals surface area contributed by atoms with Crippen LogP contribution in [-0.4, -0.2) is 122 Å². The molecule has 2 aliphatic rings. The minimum Gasteiger partial charge on any atom is -0.481 e. The van der Waals surface area contributed by atoms with Crippen molar-refractivity contribution in [2.24, 2.45) is 5.41 Å². The number of allylic oxidation sites excluding steroid dienone is 8. The van der Waals surface area contributed by atoms with Crippen molar-refractivity contribution in [3.8, 4) is 0 Å². The lowest BCUT2D eigenvalue weighted by atomic mass is 9.68. The molecule has 26 heteroatoms. The van der Waals surface area contributed by atoms with E-state index in [-0.39, 0.29) is 82.1 Å². The van der Waals surface area contributed by atoms with E-state index in [1.165, 1.54) is 54.6 Å². The minimum atomic E-state index is -5.56. The number of carbonyl (C=O) groups is 3. The summed E-state index contributed by atoms with van der Waals surface area (Å²) >= 11 is 0. The van der Waals surface area contributed by atoms with Crippen molar-refractivity contribution < 1.29 is 89.1 Å². The average Bonchev–Trinajstić information content (AvgIpc) is 3.47. The molecule has 0 fully saturated rings. The van der Waals surface area contributed by atoms with Crippen molar-refractivity contribution in [1.82, 2.24) is 5.32 Å². The number of rotatable bonds is 25. The first-order valence-electron chi connectivity index (χ1n) is 22.6. The molecule has 0 bridgehead atoms. The molecule has 1 heterocycles. The van der Waals surface area contributed by atoms with Crippen LogP contribution in [0.15, 0.2) is 93.4 Å². The quantitative estimate of drug-likeness (QED) is 0.0265. The number of nitrogens with one attached hydrogen (secondary N) is 1. The number of fused-ring (bicyclic) bond motifs is 1. The van der Waals surface area contributed by atoms with Gasteiger partial charge in [0.15, 0.2) is 5.71 Å². The Bertz CT molecular complexity index is 3050. The first-order valence-corrected chi connectivity index (χ1v) is 28.7. The van der Waals surface area contributed by atoms with Gasteiger partial charge in [-0.05, 0) is 112 Å². The van der Waals surface area contributed by atoms with E-state index in [4.69, 9.17) is 5.11 Å². The summed E-state index contributed by atoms with van der Waals surface area (Å²) in [6, 6.07) is 7.37. The first kappa shape index (κ1) is 59.5. The van der Waals surface area contributed by atoms with Crippen LogP contribution in [0.2, 0.25) is 0 Å². The molecule has 398 valence electrons. The summed E-state index contributed by atoms with van der Waals surface area (Å²) in [7, 11) is -18.3. The molecule has 19 nitrogen and oxygen atoms in total. The van der Waals surface area contributed by atoms with Crippen LogP contribution in [0.3, 0.4) is 0 Å². The second-order valence-corrected chi connectivity index (χ2v) is 23.9. The number of aliphatic carboxylic acids is 1. The number of Topliss-reactive ketones (excluding diaryl/α,β-unsaturated/α-hetero) is 1. The van der Waals surface area contributed by atoms with E-state index < -0.39 is 109 Å². The fourth-order valence-corrected chi connectivity index (χ4v) is 10.8. The van der Waals surface area contributed by atoms with Crippen LogP contribution in [0.1, 0.15) is 96.6 Å². The number of hydrogen-bond donors (Lipinski definition) is 6. The third-order valence-corrected chi connectivity index (χ3v) is 15.6. The summed E-state index contributed by atoms with van der Waals surface area (Å²) in [6.07, 6.45) is 0.325. The van der Waals surface area contributed by atoms with Gasteiger partial charge in [0.05, 0.1) is 26.7 Å². The highest BCUT2D eigenvalue weighted by molar-refractivity contribution is 7.86. The van der Waals surface area contributed by atoms with Crippen LogP contribution < -0.4 is 10.2 Å². The number of ketones is 1. The molecule has 0 saturated carbocycles. The molecule has 1 aliphatic heterocycles. The minimum absolute atomic E-state index is 0.00278. The second kappa shape index (κ2) is 23.4. The Morgan fingerprint density at radius 3 is 1.99 bits per heavy atom. The van der Waals surface area contributed by atoms with Gasteiger partial charge in [-0.2, -0.15) is 51.4 Å². The lowest BCUT2D eigenvalue weighted by Gasteiger charge is -2.35. The Balaban J connectivity index is 1.98. The van der Waals surface area contributed by atoms with E-state index >= 15 is 0 Å². The third kappa shape index (κ3) is 15.7. The normalized spacial score (nSPS) is 18.3. The molecule has 6 N–H and O–H groups in total. The van der Waals surface area contributed by atoms with Crippen molar-refractivity contribution >= 4 is 75.2 Å². The fourth-order valence-electron chi connectivity index (χ4n) is 8.80. The Kier molecular flexibility index (Phi) is 19.3. The highest BCUT2D eigenvalue weighted by Crippen LogP contribution is 2.46. The van der Waals surface area contributed by atoms with Gasteiger partial charge < -0.3 is 15.3 Å². The number of carboxylic acids is 1. The number of amides is 1. The summed E-state index contributed by atoms with van der Waals surface area (Å²) in [5.41, 5.74) is -1.87. The summed E-state index contributed by atoms with van der Waals surface area (Å²) in [5, 5.41) is 11.5. The smallest absolute Gasteiger partial charge is 0.451 e. The van der Waals surface area contributed by atoms with Gasteiger partial charge in [-0.3, -0.25) is 32.6 Å². The van der Waals surface area contributed by atoms with Gasteiger partial charge >= 0.3 is 12.1 Å². The van der Waals surface area contributed by atoms with Gasteiger partial charge in [-0.25, -0.2) is 0 Å². The number of aryl methyl sites for hydroxylation is 1. The number of anilines is 1. The highest BCUT2D eigenvalue weighted by atomic mass is 32.2. The summed E-state index contributed by atoms with van der Waals surface area (Å²) in [5.74, 6) is -6.11. The first-order chi connectivity index (χ1) is 33.1. The van der Waals surface area contributed by atoms with E-state index in [9.17, 15) is 79.4 Å². The molecule has 1 aliphatic carbocycles. The van der Waals surface area contributed by atoms with Crippen molar-refractivity contribution in [3.63, 3.8) is 0 Å². The Hall–Kier alpha value is -5.09. The number of benzene rings is 2. The Morgan fingerprint density at radius 1 is 0.806 bits per heavy atom.